The van der Waals surface area contributed by atoms with E-state index in [1.54, 1.807) is 25.3 Å². The lowest BCUT2D eigenvalue weighted by Gasteiger charge is -2.17. The van der Waals surface area contributed by atoms with Crippen LogP contribution in [0, 0.1) is 0 Å². The monoisotopic (exact) mass is 248 g/mol. The summed E-state index contributed by atoms with van der Waals surface area (Å²) in [4.78, 5) is 3.89. The molecule has 0 N–H and O–H groups in total. The van der Waals surface area contributed by atoms with Crippen LogP contribution in [0.3, 0.4) is 0 Å². The van der Waals surface area contributed by atoms with Gasteiger partial charge in [0.1, 0.15) is 5.15 Å². The van der Waals surface area contributed by atoms with Gasteiger partial charge in [-0.2, -0.15) is 4.31 Å². The maximum Gasteiger partial charge on any atom is 0.211 e. The van der Waals surface area contributed by atoms with Crippen molar-refractivity contribution in [2.75, 3.05) is 12.8 Å². The molecule has 1 rings (SSSR count). The van der Waals surface area contributed by atoms with Crippen molar-refractivity contribution in [2.24, 2.45) is 0 Å². The topological polar surface area (TPSA) is 50.3 Å². The van der Waals surface area contributed by atoms with Gasteiger partial charge in [-0.05, 0) is 6.07 Å². The first-order valence-electron chi connectivity index (χ1n) is 4.49. The Morgan fingerprint density at radius 1 is 1.53 bits per heavy atom. The fourth-order valence-electron chi connectivity index (χ4n) is 1.19. The minimum atomic E-state index is -3.18. The second-order valence-corrected chi connectivity index (χ2v) is 5.48. The number of hydrogen-bond acceptors (Lipinski definition) is 3. The van der Waals surface area contributed by atoms with Crippen LogP contribution in [0.15, 0.2) is 18.3 Å². The summed E-state index contributed by atoms with van der Waals surface area (Å²) in [6.07, 6.45) is 2.75. The Morgan fingerprint density at radius 3 is 2.67 bits per heavy atom. The van der Waals surface area contributed by atoms with Crippen LogP contribution in [0.25, 0.3) is 0 Å². The second-order valence-electron chi connectivity index (χ2n) is 3.14. The molecule has 0 saturated carbocycles. The highest BCUT2D eigenvalue weighted by atomic mass is 35.5. The molecule has 0 bridgehead atoms. The van der Waals surface area contributed by atoms with Gasteiger partial charge in [0, 0.05) is 24.8 Å². The first-order chi connectivity index (χ1) is 6.95. The van der Waals surface area contributed by atoms with Gasteiger partial charge in [0.15, 0.2) is 0 Å². The van der Waals surface area contributed by atoms with Gasteiger partial charge in [0.25, 0.3) is 0 Å². The lowest BCUT2D eigenvalue weighted by atomic mass is 10.3. The zero-order valence-corrected chi connectivity index (χ0v) is 10.2. The minimum Gasteiger partial charge on any atom is -0.244 e. The Kier molecular flexibility index (Phi) is 4.07. The molecule has 1 aromatic rings. The zero-order chi connectivity index (χ0) is 11.5. The van der Waals surface area contributed by atoms with Crippen LogP contribution in [0.4, 0.5) is 0 Å². The summed E-state index contributed by atoms with van der Waals surface area (Å²) in [6, 6.07) is 3.50. The number of hydrogen-bond donors (Lipinski definition) is 0. The van der Waals surface area contributed by atoms with Crippen molar-refractivity contribution in [3.05, 3.63) is 29.0 Å². The van der Waals surface area contributed by atoms with Crippen LogP contribution in [0.5, 0.6) is 0 Å². The van der Waals surface area contributed by atoms with Crippen molar-refractivity contribution in [1.82, 2.24) is 9.29 Å². The van der Waals surface area contributed by atoms with Crippen LogP contribution in [0.2, 0.25) is 5.15 Å². The normalized spacial score (nSPS) is 12.0. The molecule has 0 amide bonds. The third-order valence-electron chi connectivity index (χ3n) is 2.00. The van der Waals surface area contributed by atoms with E-state index in [4.69, 9.17) is 11.6 Å². The lowest BCUT2D eigenvalue weighted by molar-refractivity contribution is 0.427. The van der Waals surface area contributed by atoms with Crippen molar-refractivity contribution in [2.45, 2.75) is 13.5 Å². The standard InChI is InChI=1S/C9H13ClN2O2S/c1-3-12(15(2,13)14)7-8-5-4-6-11-9(8)10/h4-6H,3,7H2,1-2H3. The number of halogens is 1. The molecule has 0 unspecified atom stereocenters. The number of pyridine rings is 1. The molecule has 0 saturated heterocycles. The van der Waals surface area contributed by atoms with Gasteiger partial charge >= 0.3 is 0 Å². The van der Waals surface area contributed by atoms with Crippen molar-refractivity contribution in [1.29, 1.82) is 0 Å². The molecular weight excluding hydrogens is 236 g/mol. The smallest absolute Gasteiger partial charge is 0.211 e. The van der Waals surface area contributed by atoms with E-state index < -0.39 is 10.0 Å². The number of rotatable bonds is 4. The predicted molar refractivity (Wildman–Crippen MR) is 60.2 cm³/mol. The molecule has 6 heteroatoms. The van der Waals surface area contributed by atoms with Crippen LogP contribution in [0.1, 0.15) is 12.5 Å². The largest absolute Gasteiger partial charge is 0.244 e. The summed E-state index contributed by atoms with van der Waals surface area (Å²) < 4.78 is 24.0. The van der Waals surface area contributed by atoms with Crippen molar-refractivity contribution in [3.8, 4) is 0 Å². The van der Waals surface area contributed by atoms with E-state index in [2.05, 4.69) is 4.98 Å². The molecule has 0 spiro atoms. The van der Waals surface area contributed by atoms with Gasteiger partial charge in [-0.25, -0.2) is 13.4 Å². The van der Waals surface area contributed by atoms with E-state index in [9.17, 15) is 8.42 Å². The van der Waals surface area contributed by atoms with Gasteiger partial charge in [-0.3, -0.25) is 0 Å². The number of aromatic nitrogens is 1. The zero-order valence-electron chi connectivity index (χ0n) is 8.64. The first kappa shape index (κ1) is 12.4. The minimum absolute atomic E-state index is 0.266. The SMILES string of the molecule is CCN(Cc1cccnc1Cl)S(C)(=O)=O. The van der Waals surface area contributed by atoms with E-state index >= 15 is 0 Å². The van der Waals surface area contributed by atoms with Crippen LogP contribution in [-0.2, 0) is 16.6 Å². The van der Waals surface area contributed by atoms with Crippen LogP contribution >= 0.6 is 11.6 Å². The third kappa shape index (κ3) is 3.44. The van der Waals surface area contributed by atoms with Gasteiger partial charge in [-0.1, -0.05) is 24.6 Å². The third-order valence-corrected chi connectivity index (χ3v) is 3.67. The summed E-state index contributed by atoms with van der Waals surface area (Å²) in [7, 11) is -3.18. The van der Waals surface area contributed by atoms with Crippen molar-refractivity contribution < 1.29 is 8.42 Å². The van der Waals surface area contributed by atoms with Gasteiger partial charge < -0.3 is 0 Å². The summed E-state index contributed by atoms with van der Waals surface area (Å²) in [5, 5.41) is 0.347. The van der Waals surface area contributed by atoms with Gasteiger partial charge in [-0.15, -0.1) is 0 Å². The fourth-order valence-corrected chi connectivity index (χ4v) is 2.21. The average molecular weight is 249 g/mol. The molecule has 84 valence electrons. The maximum absolute atomic E-state index is 11.3. The molecule has 1 aromatic heterocycles. The summed E-state index contributed by atoms with van der Waals surface area (Å²) in [5.41, 5.74) is 0.714. The molecule has 0 radical (unpaired) electrons. The van der Waals surface area contributed by atoms with Crippen molar-refractivity contribution in [3.63, 3.8) is 0 Å². The Morgan fingerprint density at radius 2 is 2.20 bits per heavy atom. The first-order valence-corrected chi connectivity index (χ1v) is 6.72. The summed E-state index contributed by atoms with van der Waals surface area (Å²) in [6.45, 7) is 2.47. The van der Waals surface area contributed by atoms with Crippen LogP contribution < -0.4 is 0 Å². The van der Waals surface area contributed by atoms with E-state index in [0.29, 0.717) is 17.3 Å². The molecule has 0 aliphatic rings. The Hall–Kier alpha value is -0.650. The van der Waals surface area contributed by atoms with E-state index in [1.165, 1.54) is 10.6 Å². The van der Waals surface area contributed by atoms with Crippen molar-refractivity contribution >= 4 is 21.6 Å². The molecule has 15 heavy (non-hydrogen) atoms. The van der Waals surface area contributed by atoms with Gasteiger partial charge in [0.2, 0.25) is 10.0 Å². The highest BCUT2D eigenvalue weighted by Crippen LogP contribution is 2.15. The lowest BCUT2D eigenvalue weighted by Crippen LogP contribution is -2.29. The highest BCUT2D eigenvalue weighted by Gasteiger charge is 2.15. The molecule has 1 heterocycles. The average Bonchev–Trinajstić information content (AvgIpc) is 2.14. The predicted octanol–water partition coefficient (Wildman–Crippen LogP) is 1.52. The maximum atomic E-state index is 11.3. The van der Waals surface area contributed by atoms with E-state index in [0.717, 1.165) is 0 Å². The number of nitrogens with zero attached hydrogens (tertiary/aromatic N) is 2. The Bertz CT molecular complexity index is 433. The molecule has 0 aliphatic carbocycles. The number of sulfonamides is 1. The molecular formula is C9H13ClN2O2S. The van der Waals surface area contributed by atoms with E-state index in [1.807, 2.05) is 0 Å². The molecule has 4 nitrogen and oxygen atoms in total. The summed E-state index contributed by atoms with van der Waals surface area (Å²) in [5.74, 6) is 0. The summed E-state index contributed by atoms with van der Waals surface area (Å²) >= 11 is 5.84. The second kappa shape index (κ2) is 4.92. The molecule has 0 atom stereocenters. The molecule has 0 fully saturated rings. The van der Waals surface area contributed by atoms with Gasteiger partial charge in [0.05, 0.1) is 6.26 Å². The van der Waals surface area contributed by atoms with Crippen LogP contribution in [-0.4, -0.2) is 30.5 Å². The van der Waals surface area contributed by atoms with E-state index in [-0.39, 0.29) is 6.54 Å². The molecule has 0 aromatic carbocycles. The highest BCUT2D eigenvalue weighted by molar-refractivity contribution is 7.88. The Labute approximate surface area is 94.9 Å². The fraction of sp³-hybridized carbons (Fsp3) is 0.444. The molecule has 0 aliphatic heterocycles. The Balaban J connectivity index is 2.90. The quantitative estimate of drug-likeness (QED) is 0.759.